The number of allylic oxidation sites excluding steroid dienone is 2. The molecule has 2 rings (SSSR count). The van der Waals surface area contributed by atoms with E-state index in [9.17, 15) is 0 Å². The summed E-state index contributed by atoms with van der Waals surface area (Å²) in [5, 5.41) is 7.79. The van der Waals surface area contributed by atoms with Crippen molar-refractivity contribution in [3.05, 3.63) is 12.2 Å². The van der Waals surface area contributed by atoms with Crippen molar-refractivity contribution in [1.82, 2.24) is 0 Å². The van der Waals surface area contributed by atoms with Crippen molar-refractivity contribution >= 4 is 11.9 Å². The fourth-order valence-electron chi connectivity index (χ4n) is 1.98. The van der Waals surface area contributed by atoms with Crippen LogP contribution in [0.25, 0.3) is 0 Å². The molecule has 1 N–H and O–H groups in total. The van der Waals surface area contributed by atoms with Crippen molar-refractivity contribution in [1.29, 1.82) is 5.41 Å². The third-order valence-electron chi connectivity index (χ3n) is 2.68. The number of nitrogens with one attached hydrogen (secondary N) is 1. The van der Waals surface area contributed by atoms with Gasteiger partial charge < -0.3 is 5.41 Å². The van der Waals surface area contributed by atoms with Gasteiger partial charge in [0, 0.05) is 12.1 Å². The fourth-order valence-corrected chi connectivity index (χ4v) is 1.98. The van der Waals surface area contributed by atoms with Crippen LogP contribution < -0.4 is 0 Å². The van der Waals surface area contributed by atoms with Crippen molar-refractivity contribution in [2.24, 2.45) is 10.9 Å². The molecule has 0 spiro atoms. The second kappa shape index (κ2) is 3.21. The predicted molar refractivity (Wildman–Crippen MR) is 51.1 cm³/mol. The molecule has 12 heavy (non-hydrogen) atoms. The minimum atomic E-state index is 0.203. The van der Waals surface area contributed by atoms with Gasteiger partial charge in [0.15, 0.2) is 0 Å². The third kappa shape index (κ3) is 1.33. The quantitative estimate of drug-likeness (QED) is 0.530. The Balaban J connectivity index is 2.20. The van der Waals surface area contributed by atoms with Crippen LogP contribution in [0.3, 0.4) is 0 Å². The first kappa shape index (κ1) is 7.71. The highest BCUT2D eigenvalue weighted by atomic mass is 14.8. The van der Waals surface area contributed by atoms with Crippen molar-refractivity contribution in [2.45, 2.75) is 31.7 Å². The summed E-state index contributed by atoms with van der Waals surface area (Å²) in [6.07, 6.45) is 10.5. The second-order valence-corrected chi connectivity index (χ2v) is 3.55. The molecule has 0 fully saturated rings. The monoisotopic (exact) mass is 162 g/mol. The van der Waals surface area contributed by atoms with Gasteiger partial charge in [0.25, 0.3) is 0 Å². The molecule has 2 nitrogen and oxygen atoms in total. The van der Waals surface area contributed by atoms with E-state index < -0.39 is 0 Å². The molecule has 2 atom stereocenters. The Morgan fingerprint density at radius 2 is 2.33 bits per heavy atom. The Hall–Kier alpha value is -0.920. The first-order valence-electron chi connectivity index (χ1n) is 4.62. The maximum Gasteiger partial charge on any atom is 0.0903 e. The molecule has 0 saturated carbocycles. The Bertz CT molecular complexity index is 240. The molecule has 1 aliphatic heterocycles. The van der Waals surface area contributed by atoms with E-state index in [1.54, 1.807) is 0 Å². The molecule has 2 heteroatoms. The lowest BCUT2D eigenvalue weighted by Crippen LogP contribution is -2.28. The summed E-state index contributed by atoms with van der Waals surface area (Å²) in [4.78, 5) is 4.40. The highest BCUT2D eigenvalue weighted by Gasteiger charge is 2.26. The van der Waals surface area contributed by atoms with Gasteiger partial charge in [-0.3, -0.25) is 4.99 Å². The lowest BCUT2D eigenvalue weighted by Gasteiger charge is -2.24. The summed E-state index contributed by atoms with van der Waals surface area (Å²) in [7, 11) is 0. The summed E-state index contributed by atoms with van der Waals surface area (Å²) >= 11 is 0. The van der Waals surface area contributed by atoms with Crippen LogP contribution in [0.15, 0.2) is 17.1 Å². The summed E-state index contributed by atoms with van der Waals surface area (Å²) in [6, 6.07) is 0.203. The Morgan fingerprint density at radius 3 is 3.25 bits per heavy atom. The molecule has 0 aromatic heterocycles. The Morgan fingerprint density at radius 1 is 1.42 bits per heavy atom. The zero-order valence-corrected chi connectivity index (χ0v) is 7.16. The van der Waals surface area contributed by atoms with Gasteiger partial charge in [0.05, 0.1) is 6.04 Å². The van der Waals surface area contributed by atoms with Crippen LogP contribution in [0, 0.1) is 11.3 Å². The number of aliphatic imine (C=N–C) groups is 1. The molecule has 0 radical (unpaired) electrons. The molecule has 0 saturated heterocycles. The Kier molecular flexibility index (Phi) is 2.07. The number of nitrogens with zero attached hydrogens (tertiary/aromatic N) is 1. The highest BCUT2D eigenvalue weighted by Crippen LogP contribution is 2.26. The first-order chi connectivity index (χ1) is 5.88. The average Bonchev–Trinajstić information content (AvgIpc) is 2.29. The topological polar surface area (TPSA) is 36.2 Å². The summed E-state index contributed by atoms with van der Waals surface area (Å²) in [5.41, 5.74) is 0.796. The maximum absolute atomic E-state index is 7.79. The van der Waals surface area contributed by atoms with Crippen LogP contribution in [0.5, 0.6) is 0 Å². The molecule has 0 aromatic carbocycles. The van der Waals surface area contributed by atoms with Crippen molar-refractivity contribution in [3.8, 4) is 0 Å². The molecular weight excluding hydrogens is 148 g/mol. The van der Waals surface area contributed by atoms with Crippen molar-refractivity contribution in [2.75, 3.05) is 0 Å². The number of hydrogen-bond donors (Lipinski definition) is 1. The molecule has 0 amide bonds. The van der Waals surface area contributed by atoms with Crippen molar-refractivity contribution < 1.29 is 0 Å². The number of fused-ring (bicyclic) bond motifs is 1. The second-order valence-electron chi connectivity index (χ2n) is 3.55. The number of hydrogen-bond acceptors (Lipinski definition) is 2. The van der Waals surface area contributed by atoms with Gasteiger partial charge in [-0.15, -0.1) is 0 Å². The SMILES string of the molecule is N=C1CC=CCC2CCC=NC12. The van der Waals surface area contributed by atoms with Crippen LogP contribution in [-0.2, 0) is 0 Å². The lowest BCUT2D eigenvalue weighted by atomic mass is 9.88. The van der Waals surface area contributed by atoms with E-state index >= 15 is 0 Å². The van der Waals surface area contributed by atoms with Gasteiger partial charge >= 0.3 is 0 Å². The van der Waals surface area contributed by atoms with Crippen LogP contribution in [0.4, 0.5) is 0 Å². The van der Waals surface area contributed by atoms with E-state index in [2.05, 4.69) is 17.1 Å². The lowest BCUT2D eigenvalue weighted by molar-refractivity contribution is 0.457. The van der Waals surface area contributed by atoms with E-state index in [0.717, 1.165) is 25.0 Å². The van der Waals surface area contributed by atoms with Gasteiger partial charge in [-0.1, -0.05) is 12.2 Å². The molecule has 1 aliphatic carbocycles. The van der Waals surface area contributed by atoms with Gasteiger partial charge in [-0.05, 0) is 31.4 Å². The molecule has 0 aromatic rings. The third-order valence-corrected chi connectivity index (χ3v) is 2.68. The minimum absolute atomic E-state index is 0.203. The van der Waals surface area contributed by atoms with Gasteiger partial charge in [-0.2, -0.15) is 0 Å². The average molecular weight is 162 g/mol. The smallest absolute Gasteiger partial charge is 0.0903 e. The molecule has 2 aliphatic rings. The normalized spacial score (nSPS) is 34.5. The van der Waals surface area contributed by atoms with Gasteiger partial charge in [-0.25, -0.2) is 0 Å². The van der Waals surface area contributed by atoms with E-state index in [-0.39, 0.29) is 6.04 Å². The molecule has 1 heterocycles. The molecular formula is C10H14N2. The standard InChI is InChI=1S/C10H14N2/c11-9-6-2-1-4-8-5-3-7-12-10(8)9/h1-2,7-8,10-11H,3-6H2. The van der Waals surface area contributed by atoms with Crippen LogP contribution in [0.1, 0.15) is 25.7 Å². The minimum Gasteiger partial charge on any atom is -0.307 e. The van der Waals surface area contributed by atoms with Crippen LogP contribution in [0.2, 0.25) is 0 Å². The van der Waals surface area contributed by atoms with E-state index in [1.165, 1.54) is 6.42 Å². The first-order valence-corrected chi connectivity index (χ1v) is 4.62. The van der Waals surface area contributed by atoms with Crippen LogP contribution in [-0.4, -0.2) is 18.0 Å². The van der Waals surface area contributed by atoms with Gasteiger partial charge in [0.1, 0.15) is 0 Å². The maximum atomic E-state index is 7.79. The predicted octanol–water partition coefficient (Wildman–Crippen LogP) is 2.21. The van der Waals surface area contributed by atoms with E-state index in [4.69, 9.17) is 5.41 Å². The summed E-state index contributed by atoms with van der Waals surface area (Å²) < 4.78 is 0. The summed E-state index contributed by atoms with van der Waals surface area (Å²) in [6.45, 7) is 0. The molecule has 0 bridgehead atoms. The largest absolute Gasteiger partial charge is 0.307 e. The number of rotatable bonds is 0. The highest BCUT2D eigenvalue weighted by molar-refractivity contribution is 5.90. The zero-order valence-electron chi connectivity index (χ0n) is 7.16. The Labute approximate surface area is 72.9 Å². The van der Waals surface area contributed by atoms with E-state index in [1.807, 2.05) is 6.21 Å². The fraction of sp³-hybridized carbons (Fsp3) is 0.600. The van der Waals surface area contributed by atoms with Crippen molar-refractivity contribution in [3.63, 3.8) is 0 Å². The molecule has 64 valence electrons. The van der Waals surface area contributed by atoms with Crippen LogP contribution >= 0.6 is 0 Å². The van der Waals surface area contributed by atoms with Gasteiger partial charge in [0.2, 0.25) is 0 Å². The molecule has 2 unspecified atom stereocenters. The summed E-state index contributed by atoms with van der Waals surface area (Å²) in [5.74, 6) is 0.612. The zero-order chi connectivity index (χ0) is 8.39. The van der Waals surface area contributed by atoms with E-state index in [0.29, 0.717) is 5.92 Å².